The second kappa shape index (κ2) is 9.52. The summed E-state index contributed by atoms with van der Waals surface area (Å²) in [6.07, 6.45) is 1.80. The van der Waals surface area contributed by atoms with Crippen LogP contribution >= 0.6 is 0 Å². The van der Waals surface area contributed by atoms with E-state index in [1.807, 2.05) is 0 Å². The number of rotatable bonds is 8. The number of carbonyl (C=O) groups is 1. The number of ether oxygens (including phenoxy) is 1. The van der Waals surface area contributed by atoms with Crippen molar-refractivity contribution >= 4 is 15.9 Å². The predicted molar refractivity (Wildman–Crippen MR) is 70.4 cm³/mol. The number of methoxy groups -OCH3 is 1. The van der Waals surface area contributed by atoms with Crippen molar-refractivity contribution in [2.75, 3.05) is 12.9 Å². The molecule has 0 aliphatic heterocycles. The van der Waals surface area contributed by atoms with Gasteiger partial charge in [-0.25, -0.2) is 8.42 Å². The van der Waals surface area contributed by atoms with Crippen LogP contribution in [0.3, 0.4) is 0 Å². The molecule has 0 unspecified atom stereocenters. The molecule has 0 saturated carbocycles. The Hall–Kier alpha value is -0.400. The second-order valence-electron chi connectivity index (χ2n) is 4.22. The Kier molecular flexibility index (Phi) is 9.33. The Balaban J connectivity index is 0.00000361. The Morgan fingerprint density at radius 1 is 1.15 bits per heavy atom. The van der Waals surface area contributed by atoms with Gasteiger partial charge in [-0.15, -0.1) is 0 Å². The summed E-state index contributed by atoms with van der Waals surface area (Å²) in [7, 11) is -2.58. The maximum absolute atomic E-state index is 11.8. The third-order valence-corrected chi connectivity index (χ3v) is 3.50. The van der Waals surface area contributed by atoms with Crippen molar-refractivity contribution in [3.8, 4) is 5.75 Å². The molecule has 0 fully saturated rings. The summed E-state index contributed by atoms with van der Waals surface area (Å²) >= 11 is 0. The van der Waals surface area contributed by atoms with E-state index in [0.29, 0.717) is 37.0 Å². The molecule has 1 aromatic rings. The Bertz CT molecular complexity index is 510. The zero-order valence-electron chi connectivity index (χ0n) is 11.8. The van der Waals surface area contributed by atoms with Crippen LogP contribution in [-0.2, 0) is 10.1 Å². The number of benzene rings is 1. The van der Waals surface area contributed by atoms with Crippen LogP contribution in [0.5, 0.6) is 5.75 Å². The smallest absolute Gasteiger partial charge is 0.748 e. The van der Waals surface area contributed by atoms with E-state index in [1.54, 1.807) is 31.4 Å². The molecule has 0 radical (unpaired) electrons. The molecule has 0 aliphatic carbocycles. The molecule has 0 aliphatic rings. The zero-order valence-corrected chi connectivity index (χ0v) is 14.6. The summed E-state index contributed by atoms with van der Waals surface area (Å²) in [6, 6.07) is 6.83. The van der Waals surface area contributed by atoms with Gasteiger partial charge in [-0.05, 0) is 37.1 Å². The molecule has 1 aromatic carbocycles. The molecular weight excluding hydrogens is 291 g/mol. The Labute approximate surface area is 141 Å². The van der Waals surface area contributed by atoms with Crippen molar-refractivity contribution < 1.29 is 52.1 Å². The van der Waals surface area contributed by atoms with E-state index < -0.39 is 10.1 Å². The first kappa shape index (κ1) is 19.6. The third kappa shape index (κ3) is 8.01. The minimum Gasteiger partial charge on any atom is -0.748 e. The van der Waals surface area contributed by atoms with Gasteiger partial charge in [0, 0.05) is 17.7 Å². The predicted octanol–water partition coefficient (Wildman–Crippen LogP) is -1.01. The molecule has 7 heteroatoms. The summed E-state index contributed by atoms with van der Waals surface area (Å²) in [5.74, 6) is 0.342. The second-order valence-corrected chi connectivity index (χ2v) is 5.75. The summed E-state index contributed by atoms with van der Waals surface area (Å²) in [4.78, 5) is 11.8. The monoisotopic (exact) mass is 308 g/mol. The van der Waals surface area contributed by atoms with Crippen molar-refractivity contribution in [3.05, 3.63) is 29.8 Å². The molecule has 5 nitrogen and oxygen atoms in total. The van der Waals surface area contributed by atoms with Crippen molar-refractivity contribution in [2.24, 2.45) is 0 Å². The van der Waals surface area contributed by atoms with Gasteiger partial charge in [0.2, 0.25) is 0 Å². The number of carbonyl (C=O) groups excluding carboxylic acids is 1. The maximum Gasteiger partial charge on any atom is 1.00 e. The minimum absolute atomic E-state index is 0. The van der Waals surface area contributed by atoms with Crippen molar-refractivity contribution in [3.63, 3.8) is 0 Å². The van der Waals surface area contributed by atoms with E-state index >= 15 is 0 Å². The number of ketones is 1. The number of hydrogen-bond acceptors (Lipinski definition) is 5. The molecule has 0 atom stereocenters. The van der Waals surface area contributed by atoms with Gasteiger partial charge in [0.1, 0.15) is 5.75 Å². The molecular formula is C13H17NaO5S. The van der Waals surface area contributed by atoms with Crippen LogP contribution in [0, 0.1) is 0 Å². The number of hydrogen-bond donors (Lipinski definition) is 0. The van der Waals surface area contributed by atoms with Crippen molar-refractivity contribution in [2.45, 2.75) is 25.7 Å². The molecule has 0 heterocycles. The largest absolute Gasteiger partial charge is 1.00 e. The molecule has 0 aromatic heterocycles. The average Bonchev–Trinajstić information content (AvgIpc) is 2.37. The fourth-order valence-electron chi connectivity index (χ4n) is 1.66. The van der Waals surface area contributed by atoms with E-state index in [-0.39, 0.29) is 41.1 Å². The first-order valence-corrected chi connectivity index (χ1v) is 7.61. The van der Waals surface area contributed by atoms with Gasteiger partial charge < -0.3 is 9.29 Å². The van der Waals surface area contributed by atoms with E-state index in [1.165, 1.54) is 0 Å². The van der Waals surface area contributed by atoms with Crippen LogP contribution in [-0.4, -0.2) is 31.6 Å². The van der Waals surface area contributed by atoms with E-state index in [2.05, 4.69) is 0 Å². The van der Waals surface area contributed by atoms with Crippen LogP contribution in [0.15, 0.2) is 24.3 Å². The Morgan fingerprint density at radius 3 is 2.25 bits per heavy atom. The summed E-state index contributed by atoms with van der Waals surface area (Å²) < 4.78 is 36.1. The van der Waals surface area contributed by atoms with Gasteiger partial charge in [-0.1, -0.05) is 6.42 Å². The topological polar surface area (TPSA) is 83.5 Å². The SMILES string of the molecule is COc1ccc(C(=O)CCCCCS(=O)(=O)[O-])cc1.[Na+]. The number of Topliss-reactive ketones (excluding diaryl/α,β-unsaturated/α-hetero) is 1. The summed E-state index contributed by atoms with van der Waals surface area (Å²) in [5, 5.41) is 0. The van der Waals surface area contributed by atoms with Gasteiger partial charge in [-0.2, -0.15) is 0 Å². The zero-order chi connectivity index (χ0) is 14.3. The molecule has 106 valence electrons. The first-order chi connectivity index (χ1) is 8.92. The quantitative estimate of drug-likeness (QED) is 0.266. The average molecular weight is 308 g/mol. The van der Waals surface area contributed by atoms with Crippen molar-refractivity contribution in [1.82, 2.24) is 0 Å². The summed E-state index contributed by atoms with van der Waals surface area (Å²) in [6.45, 7) is 0. The van der Waals surface area contributed by atoms with Crippen LogP contribution in [0.2, 0.25) is 0 Å². The van der Waals surface area contributed by atoms with Gasteiger partial charge in [0.05, 0.1) is 17.2 Å². The normalized spacial score (nSPS) is 10.7. The molecule has 0 bridgehead atoms. The summed E-state index contributed by atoms with van der Waals surface area (Å²) in [5.41, 5.74) is 0.609. The van der Waals surface area contributed by atoms with E-state index in [4.69, 9.17) is 4.74 Å². The standard InChI is InChI=1S/C13H18O5S.Na/c1-18-12-8-6-11(7-9-12)13(14)5-3-2-4-10-19(15,16)17;/h6-9H,2-5,10H2,1H3,(H,15,16,17);/q;+1/p-1. The van der Waals surface area contributed by atoms with Crippen LogP contribution < -0.4 is 34.3 Å². The minimum atomic E-state index is -4.13. The number of unbranched alkanes of at least 4 members (excludes halogenated alkanes) is 2. The molecule has 0 spiro atoms. The van der Waals surface area contributed by atoms with Gasteiger partial charge in [-0.3, -0.25) is 4.79 Å². The molecule has 0 N–H and O–H groups in total. The third-order valence-electron chi connectivity index (χ3n) is 2.71. The van der Waals surface area contributed by atoms with Gasteiger partial charge in [0.25, 0.3) is 0 Å². The van der Waals surface area contributed by atoms with Crippen LogP contribution in [0.25, 0.3) is 0 Å². The van der Waals surface area contributed by atoms with E-state index in [9.17, 15) is 17.8 Å². The Morgan fingerprint density at radius 2 is 1.75 bits per heavy atom. The maximum atomic E-state index is 11.8. The molecule has 20 heavy (non-hydrogen) atoms. The molecule has 0 amide bonds. The molecule has 1 rings (SSSR count). The van der Waals surface area contributed by atoms with Crippen molar-refractivity contribution in [1.29, 1.82) is 0 Å². The first-order valence-electron chi connectivity index (χ1n) is 6.03. The van der Waals surface area contributed by atoms with Gasteiger partial charge in [0.15, 0.2) is 5.78 Å². The molecule has 0 saturated heterocycles. The van der Waals surface area contributed by atoms with Gasteiger partial charge >= 0.3 is 29.6 Å². The fourth-order valence-corrected chi connectivity index (χ4v) is 2.22. The van der Waals surface area contributed by atoms with Crippen LogP contribution in [0.4, 0.5) is 0 Å². The van der Waals surface area contributed by atoms with Crippen LogP contribution in [0.1, 0.15) is 36.0 Å². The van der Waals surface area contributed by atoms with E-state index in [0.717, 1.165) is 0 Å². The fraction of sp³-hybridized carbons (Fsp3) is 0.462.